The summed E-state index contributed by atoms with van der Waals surface area (Å²) in [7, 11) is 0. The van der Waals surface area contributed by atoms with Crippen molar-refractivity contribution in [2.75, 3.05) is 19.7 Å². The summed E-state index contributed by atoms with van der Waals surface area (Å²) in [4.78, 5) is 27.5. The van der Waals surface area contributed by atoms with Crippen LogP contribution in [0.15, 0.2) is 30.3 Å². The number of ether oxygens (including phenoxy) is 1. The Bertz CT molecular complexity index is 719. The predicted molar refractivity (Wildman–Crippen MR) is 110 cm³/mol. The van der Waals surface area contributed by atoms with Gasteiger partial charge in [-0.3, -0.25) is 9.59 Å². The van der Waals surface area contributed by atoms with Gasteiger partial charge in [0, 0.05) is 24.5 Å². The third-order valence-electron chi connectivity index (χ3n) is 7.81. The van der Waals surface area contributed by atoms with Crippen molar-refractivity contribution >= 4 is 11.8 Å². The molecule has 29 heavy (non-hydrogen) atoms. The third-order valence-corrected chi connectivity index (χ3v) is 7.81. The highest BCUT2D eigenvalue weighted by molar-refractivity contribution is 5.83. The van der Waals surface area contributed by atoms with Gasteiger partial charge in [-0.1, -0.05) is 18.2 Å². The van der Waals surface area contributed by atoms with Gasteiger partial charge in [0.05, 0.1) is 0 Å². The SMILES string of the molecule is O=C(COc1ccccc1)N1CCC(NC(=O)C23CC4CC(CC(C4)C2)C3)CC1. The molecule has 4 bridgehead atoms. The van der Waals surface area contributed by atoms with Crippen LogP contribution in [0.5, 0.6) is 5.75 Å². The highest BCUT2D eigenvalue weighted by Crippen LogP contribution is 2.60. The van der Waals surface area contributed by atoms with Crippen LogP contribution in [0.4, 0.5) is 0 Å². The van der Waals surface area contributed by atoms with Gasteiger partial charge in [-0.25, -0.2) is 0 Å². The van der Waals surface area contributed by atoms with Crippen LogP contribution in [0.25, 0.3) is 0 Å². The monoisotopic (exact) mass is 396 g/mol. The molecular weight excluding hydrogens is 364 g/mol. The van der Waals surface area contributed by atoms with Crippen molar-refractivity contribution in [1.29, 1.82) is 0 Å². The van der Waals surface area contributed by atoms with Gasteiger partial charge >= 0.3 is 0 Å². The van der Waals surface area contributed by atoms with E-state index in [0.717, 1.165) is 55.6 Å². The minimum atomic E-state index is -0.0781. The first-order valence-electron chi connectivity index (χ1n) is 11.4. The lowest BCUT2D eigenvalue weighted by atomic mass is 9.49. The summed E-state index contributed by atoms with van der Waals surface area (Å²) in [6, 6.07) is 9.65. The molecule has 0 radical (unpaired) electrons. The normalized spacial score (nSPS) is 33.5. The van der Waals surface area contributed by atoms with E-state index in [1.54, 1.807) is 0 Å². The Morgan fingerprint density at radius 3 is 2.14 bits per heavy atom. The van der Waals surface area contributed by atoms with E-state index in [1.165, 1.54) is 19.3 Å². The Balaban J connectivity index is 1.10. The first-order valence-corrected chi connectivity index (χ1v) is 11.4. The number of hydrogen-bond acceptors (Lipinski definition) is 3. The summed E-state index contributed by atoms with van der Waals surface area (Å²) in [5.74, 6) is 3.43. The number of nitrogens with one attached hydrogen (secondary N) is 1. The molecule has 5 aliphatic rings. The molecule has 5 nitrogen and oxygen atoms in total. The quantitative estimate of drug-likeness (QED) is 0.830. The van der Waals surface area contributed by atoms with E-state index in [2.05, 4.69) is 5.32 Å². The number of piperidine rings is 1. The average Bonchev–Trinajstić information content (AvgIpc) is 2.72. The van der Waals surface area contributed by atoms with E-state index in [0.29, 0.717) is 19.0 Å². The molecule has 4 saturated carbocycles. The van der Waals surface area contributed by atoms with Gasteiger partial charge in [0.25, 0.3) is 5.91 Å². The number of benzene rings is 1. The molecular formula is C24H32N2O3. The molecule has 1 aliphatic heterocycles. The van der Waals surface area contributed by atoms with E-state index in [1.807, 2.05) is 35.2 Å². The maximum absolute atomic E-state index is 13.2. The molecule has 156 valence electrons. The Morgan fingerprint density at radius 2 is 1.55 bits per heavy atom. The molecule has 1 heterocycles. The van der Waals surface area contributed by atoms with Crippen molar-refractivity contribution in [1.82, 2.24) is 10.2 Å². The van der Waals surface area contributed by atoms with Crippen molar-refractivity contribution in [3.05, 3.63) is 30.3 Å². The van der Waals surface area contributed by atoms with E-state index < -0.39 is 0 Å². The van der Waals surface area contributed by atoms with Gasteiger partial charge in [0.15, 0.2) is 6.61 Å². The van der Waals surface area contributed by atoms with Crippen molar-refractivity contribution < 1.29 is 14.3 Å². The number of nitrogens with zero attached hydrogens (tertiary/aromatic N) is 1. The molecule has 1 saturated heterocycles. The summed E-state index contributed by atoms with van der Waals surface area (Å²) in [6.07, 6.45) is 9.09. The van der Waals surface area contributed by atoms with Crippen molar-refractivity contribution in [3.63, 3.8) is 0 Å². The van der Waals surface area contributed by atoms with Crippen LogP contribution in [0.2, 0.25) is 0 Å². The van der Waals surface area contributed by atoms with Crippen molar-refractivity contribution in [2.24, 2.45) is 23.2 Å². The predicted octanol–water partition coefficient (Wildman–Crippen LogP) is 3.39. The fraction of sp³-hybridized carbons (Fsp3) is 0.667. The topological polar surface area (TPSA) is 58.6 Å². The smallest absolute Gasteiger partial charge is 0.260 e. The molecule has 0 unspecified atom stereocenters. The zero-order chi connectivity index (χ0) is 19.8. The molecule has 2 amide bonds. The first-order chi connectivity index (χ1) is 14.1. The lowest BCUT2D eigenvalue weighted by molar-refractivity contribution is -0.147. The van der Waals surface area contributed by atoms with Crippen LogP contribution in [-0.4, -0.2) is 42.5 Å². The summed E-state index contributed by atoms with van der Waals surface area (Å²) in [5, 5.41) is 3.39. The molecule has 1 aromatic rings. The van der Waals surface area contributed by atoms with E-state index in [9.17, 15) is 9.59 Å². The minimum Gasteiger partial charge on any atom is -0.484 e. The number of carbonyl (C=O) groups is 2. The van der Waals surface area contributed by atoms with Gasteiger partial charge < -0.3 is 15.0 Å². The highest BCUT2D eigenvalue weighted by atomic mass is 16.5. The molecule has 1 N–H and O–H groups in total. The number of hydrogen-bond donors (Lipinski definition) is 1. The van der Waals surface area contributed by atoms with Gasteiger partial charge in [-0.15, -0.1) is 0 Å². The van der Waals surface area contributed by atoms with Crippen LogP contribution in [0, 0.1) is 23.2 Å². The molecule has 1 aromatic carbocycles. The second-order valence-corrected chi connectivity index (χ2v) is 9.93. The lowest BCUT2D eigenvalue weighted by Gasteiger charge is -2.56. The molecule has 6 rings (SSSR count). The van der Waals surface area contributed by atoms with Crippen LogP contribution in [-0.2, 0) is 9.59 Å². The Morgan fingerprint density at radius 1 is 0.966 bits per heavy atom. The standard InChI is InChI=1S/C24H32N2O3/c27-22(16-29-21-4-2-1-3-5-21)26-8-6-20(7-9-26)25-23(28)24-13-17-10-18(14-24)12-19(11-17)15-24/h1-5,17-20H,6-16H2,(H,25,28). The second-order valence-electron chi connectivity index (χ2n) is 9.93. The highest BCUT2D eigenvalue weighted by Gasteiger charge is 2.54. The van der Waals surface area contributed by atoms with Crippen molar-refractivity contribution in [3.8, 4) is 5.75 Å². The molecule has 0 spiro atoms. The minimum absolute atomic E-state index is 0.0275. The van der Waals surface area contributed by atoms with Gasteiger partial charge in [0.1, 0.15) is 5.75 Å². The third kappa shape index (κ3) is 3.88. The summed E-state index contributed by atoms with van der Waals surface area (Å²) >= 11 is 0. The van der Waals surface area contributed by atoms with Crippen LogP contribution < -0.4 is 10.1 Å². The number of amides is 2. The van der Waals surface area contributed by atoms with Gasteiger partial charge in [-0.05, 0) is 81.3 Å². The maximum Gasteiger partial charge on any atom is 0.260 e. The van der Waals surface area contributed by atoms with Gasteiger partial charge in [0.2, 0.25) is 5.91 Å². The second kappa shape index (κ2) is 7.66. The van der Waals surface area contributed by atoms with E-state index in [4.69, 9.17) is 4.74 Å². The van der Waals surface area contributed by atoms with Crippen LogP contribution >= 0.6 is 0 Å². The van der Waals surface area contributed by atoms with Gasteiger partial charge in [-0.2, -0.15) is 0 Å². The fourth-order valence-electron chi connectivity index (χ4n) is 6.75. The fourth-order valence-corrected chi connectivity index (χ4v) is 6.75. The number of likely N-dealkylation sites (tertiary alicyclic amines) is 1. The largest absolute Gasteiger partial charge is 0.484 e. The molecule has 5 heteroatoms. The molecule has 0 aromatic heterocycles. The average molecular weight is 397 g/mol. The Labute approximate surface area is 173 Å². The summed E-state index contributed by atoms with van der Waals surface area (Å²) < 4.78 is 5.59. The molecule has 5 fully saturated rings. The van der Waals surface area contributed by atoms with E-state index in [-0.39, 0.29) is 24.0 Å². The summed E-state index contributed by atoms with van der Waals surface area (Å²) in [6.45, 7) is 1.47. The zero-order valence-corrected chi connectivity index (χ0v) is 17.1. The number of rotatable bonds is 5. The van der Waals surface area contributed by atoms with Crippen molar-refractivity contribution in [2.45, 2.75) is 57.4 Å². The Hall–Kier alpha value is -2.04. The first kappa shape index (κ1) is 19.0. The Kier molecular flexibility index (Phi) is 5.00. The lowest BCUT2D eigenvalue weighted by Crippen LogP contribution is -2.56. The number of carbonyl (C=O) groups excluding carboxylic acids is 2. The summed E-state index contributed by atoms with van der Waals surface area (Å²) in [5.41, 5.74) is -0.0781. The van der Waals surface area contributed by atoms with Crippen LogP contribution in [0.3, 0.4) is 0 Å². The maximum atomic E-state index is 13.2. The number of para-hydroxylation sites is 1. The zero-order valence-electron chi connectivity index (χ0n) is 17.1. The van der Waals surface area contributed by atoms with E-state index >= 15 is 0 Å². The molecule has 0 atom stereocenters. The van der Waals surface area contributed by atoms with Crippen LogP contribution in [0.1, 0.15) is 51.4 Å². The molecule has 4 aliphatic carbocycles.